The minimum absolute atomic E-state index is 1.20. The molecule has 1 heteroatoms. The molecule has 0 fully saturated rings. The van der Waals surface area contributed by atoms with Crippen LogP contribution in [0, 0.1) is 0 Å². The third kappa shape index (κ3) is 2.71. The van der Waals surface area contributed by atoms with E-state index in [1.807, 2.05) is 0 Å². The molecule has 0 aliphatic carbocycles. The Morgan fingerprint density at radius 2 is 1.65 bits per heavy atom. The van der Waals surface area contributed by atoms with E-state index in [-0.39, 0.29) is 0 Å². The summed E-state index contributed by atoms with van der Waals surface area (Å²) in [5.74, 6) is 0. The van der Waals surface area contributed by atoms with Crippen LogP contribution < -0.4 is 0 Å². The molecular formula is C16H23N. The van der Waals surface area contributed by atoms with Gasteiger partial charge in [0.25, 0.3) is 0 Å². The molecule has 0 atom stereocenters. The van der Waals surface area contributed by atoms with Gasteiger partial charge in [-0.2, -0.15) is 0 Å². The number of benzene rings is 1. The highest BCUT2D eigenvalue weighted by Crippen LogP contribution is 2.25. The topological polar surface area (TPSA) is 15.8 Å². The predicted octanol–water partition coefficient (Wildman–Crippen LogP) is 4.85. The van der Waals surface area contributed by atoms with Crippen LogP contribution in [0.25, 0.3) is 10.9 Å². The Hall–Kier alpha value is -1.24. The molecule has 0 saturated heterocycles. The van der Waals surface area contributed by atoms with Gasteiger partial charge in [0, 0.05) is 16.6 Å². The van der Waals surface area contributed by atoms with Gasteiger partial charge in [-0.15, -0.1) is 0 Å². The van der Waals surface area contributed by atoms with Crippen molar-refractivity contribution in [3.63, 3.8) is 0 Å². The van der Waals surface area contributed by atoms with Crippen LogP contribution in [-0.2, 0) is 12.8 Å². The largest absolute Gasteiger partial charge is 0.358 e. The lowest BCUT2D eigenvalue weighted by atomic mass is 10.0. The highest BCUT2D eigenvalue weighted by atomic mass is 14.7. The summed E-state index contributed by atoms with van der Waals surface area (Å²) in [6.07, 6.45) is 7.53. The molecule has 0 amide bonds. The quantitative estimate of drug-likeness (QED) is 0.728. The molecule has 1 aromatic carbocycles. The van der Waals surface area contributed by atoms with Gasteiger partial charge in [-0.05, 0) is 37.3 Å². The highest BCUT2D eigenvalue weighted by Gasteiger charge is 2.09. The van der Waals surface area contributed by atoms with E-state index in [2.05, 4.69) is 43.1 Å². The lowest BCUT2D eigenvalue weighted by Crippen LogP contribution is -1.92. The van der Waals surface area contributed by atoms with Crippen LogP contribution >= 0.6 is 0 Å². The van der Waals surface area contributed by atoms with Crippen molar-refractivity contribution in [1.82, 2.24) is 4.98 Å². The molecule has 1 nitrogen and oxygen atoms in total. The van der Waals surface area contributed by atoms with Crippen molar-refractivity contribution in [3.05, 3.63) is 35.5 Å². The van der Waals surface area contributed by atoms with Crippen LogP contribution in [0.1, 0.15) is 50.8 Å². The highest BCUT2D eigenvalue weighted by molar-refractivity contribution is 5.84. The summed E-state index contributed by atoms with van der Waals surface area (Å²) in [5, 5.41) is 1.44. The van der Waals surface area contributed by atoms with Gasteiger partial charge in [-0.25, -0.2) is 0 Å². The summed E-state index contributed by atoms with van der Waals surface area (Å²) in [6.45, 7) is 4.52. The van der Waals surface area contributed by atoms with E-state index in [4.69, 9.17) is 0 Å². The Morgan fingerprint density at radius 1 is 0.941 bits per heavy atom. The van der Waals surface area contributed by atoms with E-state index in [0.717, 1.165) is 0 Å². The van der Waals surface area contributed by atoms with Crippen molar-refractivity contribution >= 4 is 10.9 Å². The molecule has 0 spiro atoms. The summed E-state index contributed by atoms with van der Waals surface area (Å²) in [4.78, 5) is 3.61. The third-order valence-corrected chi connectivity index (χ3v) is 3.46. The fraction of sp³-hybridized carbons (Fsp3) is 0.500. The first kappa shape index (κ1) is 12.2. The molecule has 0 aliphatic rings. The number of rotatable bonds is 6. The summed E-state index contributed by atoms with van der Waals surface area (Å²) in [7, 11) is 0. The molecule has 0 unspecified atom stereocenters. The summed E-state index contributed by atoms with van der Waals surface area (Å²) < 4.78 is 0. The van der Waals surface area contributed by atoms with Gasteiger partial charge < -0.3 is 4.98 Å². The number of aromatic nitrogens is 1. The number of aromatic amines is 1. The SMILES string of the molecule is CCCCc1[nH]c2ccccc2c1CCCC. The first-order valence-corrected chi connectivity index (χ1v) is 6.95. The standard InChI is InChI=1S/C16H23N/c1-3-5-9-13-14-10-7-8-12-16(14)17-15(13)11-6-4-2/h7-8,10,12,17H,3-6,9,11H2,1-2H3. The maximum Gasteiger partial charge on any atom is 0.0458 e. The van der Waals surface area contributed by atoms with Crippen LogP contribution in [0.15, 0.2) is 24.3 Å². The van der Waals surface area contributed by atoms with E-state index in [0.29, 0.717) is 0 Å². The summed E-state index contributed by atoms with van der Waals surface area (Å²) in [6, 6.07) is 8.72. The van der Waals surface area contributed by atoms with Crippen molar-refractivity contribution in [2.24, 2.45) is 0 Å². The lowest BCUT2D eigenvalue weighted by Gasteiger charge is -2.03. The molecule has 1 heterocycles. The number of nitrogens with one attached hydrogen (secondary N) is 1. The van der Waals surface area contributed by atoms with Gasteiger partial charge in [0.05, 0.1) is 0 Å². The molecule has 0 saturated carbocycles. The average Bonchev–Trinajstić information content (AvgIpc) is 2.71. The second-order valence-corrected chi connectivity index (χ2v) is 4.83. The van der Waals surface area contributed by atoms with Gasteiger partial charge in [-0.3, -0.25) is 0 Å². The molecule has 0 aliphatic heterocycles. The van der Waals surface area contributed by atoms with E-state index >= 15 is 0 Å². The third-order valence-electron chi connectivity index (χ3n) is 3.46. The minimum Gasteiger partial charge on any atom is -0.358 e. The van der Waals surface area contributed by atoms with Crippen molar-refractivity contribution < 1.29 is 0 Å². The molecule has 1 aromatic heterocycles. The van der Waals surface area contributed by atoms with Crippen molar-refractivity contribution in [2.75, 3.05) is 0 Å². The lowest BCUT2D eigenvalue weighted by molar-refractivity contribution is 0.752. The smallest absolute Gasteiger partial charge is 0.0458 e. The van der Waals surface area contributed by atoms with Crippen LogP contribution in [-0.4, -0.2) is 4.98 Å². The fourth-order valence-electron chi connectivity index (χ4n) is 2.46. The van der Waals surface area contributed by atoms with Gasteiger partial charge in [0.1, 0.15) is 0 Å². The van der Waals surface area contributed by atoms with Crippen LogP contribution in [0.2, 0.25) is 0 Å². The Bertz CT molecular complexity index is 467. The maximum atomic E-state index is 3.61. The van der Waals surface area contributed by atoms with Gasteiger partial charge >= 0.3 is 0 Å². The van der Waals surface area contributed by atoms with Crippen molar-refractivity contribution in [1.29, 1.82) is 0 Å². The number of H-pyrrole nitrogens is 1. The zero-order valence-corrected chi connectivity index (χ0v) is 11.1. The molecule has 0 bridgehead atoms. The fourth-order valence-corrected chi connectivity index (χ4v) is 2.46. The van der Waals surface area contributed by atoms with Crippen LogP contribution in [0.5, 0.6) is 0 Å². The normalized spacial score (nSPS) is 11.2. The monoisotopic (exact) mass is 229 g/mol. The zero-order chi connectivity index (χ0) is 12.1. The summed E-state index contributed by atoms with van der Waals surface area (Å²) >= 11 is 0. The number of fused-ring (bicyclic) bond motifs is 1. The molecule has 2 rings (SSSR count). The van der Waals surface area contributed by atoms with Crippen molar-refractivity contribution in [2.45, 2.75) is 52.4 Å². The molecule has 0 radical (unpaired) electrons. The van der Waals surface area contributed by atoms with Gasteiger partial charge in [0.2, 0.25) is 0 Å². The Labute approximate surface area is 104 Å². The number of unbranched alkanes of at least 4 members (excludes halogenated alkanes) is 2. The summed E-state index contributed by atoms with van der Waals surface area (Å²) in [5.41, 5.74) is 4.35. The zero-order valence-electron chi connectivity index (χ0n) is 11.1. The van der Waals surface area contributed by atoms with Crippen LogP contribution in [0.4, 0.5) is 0 Å². The molecule has 1 N–H and O–H groups in total. The Kier molecular flexibility index (Phi) is 4.24. The van der Waals surface area contributed by atoms with Crippen LogP contribution in [0.3, 0.4) is 0 Å². The Morgan fingerprint density at radius 3 is 2.41 bits per heavy atom. The molecule has 17 heavy (non-hydrogen) atoms. The van der Waals surface area contributed by atoms with E-state index in [1.54, 1.807) is 5.56 Å². The van der Waals surface area contributed by atoms with E-state index in [9.17, 15) is 0 Å². The van der Waals surface area contributed by atoms with Gasteiger partial charge in [-0.1, -0.05) is 44.9 Å². The average molecular weight is 229 g/mol. The molecule has 92 valence electrons. The second kappa shape index (κ2) is 5.90. The maximum absolute atomic E-state index is 3.61. The van der Waals surface area contributed by atoms with E-state index in [1.165, 1.54) is 55.1 Å². The second-order valence-electron chi connectivity index (χ2n) is 4.83. The van der Waals surface area contributed by atoms with Gasteiger partial charge in [0.15, 0.2) is 0 Å². The van der Waals surface area contributed by atoms with Crippen molar-refractivity contribution in [3.8, 4) is 0 Å². The predicted molar refractivity (Wildman–Crippen MR) is 75.5 cm³/mol. The number of hydrogen-bond acceptors (Lipinski definition) is 0. The minimum atomic E-state index is 1.20. The number of hydrogen-bond donors (Lipinski definition) is 1. The Balaban J connectivity index is 2.34. The number of para-hydroxylation sites is 1. The van der Waals surface area contributed by atoms with E-state index < -0.39 is 0 Å². The first-order chi connectivity index (χ1) is 8.36. The molecular weight excluding hydrogens is 206 g/mol. The first-order valence-electron chi connectivity index (χ1n) is 6.95. The number of aryl methyl sites for hydroxylation is 2. The molecule has 2 aromatic rings.